The largest absolute Gasteiger partial charge is 0.338 e. The van der Waals surface area contributed by atoms with Crippen LogP contribution in [0.3, 0.4) is 0 Å². The lowest BCUT2D eigenvalue weighted by molar-refractivity contribution is 0.637. The molecule has 19 heavy (non-hydrogen) atoms. The van der Waals surface area contributed by atoms with Crippen molar-refractivity contribution >= 4 is 11.0 Å². The average molecular weight is 255 g/mol. The number of benzene rings is 2. The van der Waals surface area contributed by atoms with Gasteiger partial charge in [0.15, 0.2) is 5.82 Å². The first-order valence-corrected chi connectivity index (χ1v) is 6.21. The second kappa shape index (κ2) is 4.82. The highest BCUT2D eigenvalue weighted by Gasteiger charge is 2.08. The molecule has 0 aliphatic rings. The van der Waals surface area contributed by atoms with Gasteiger partial charge in [-0.3, -0.25) is 0 Å². The van der Waals surface area contributed by atoms with Gasteiger partial charge in [0.2, 0.25) is 0 Å². The van der Waals surface area contributed by atoms with E-state index < -0.39 is 0 Å². The molecule has 0 unspecified atom stereocenters. The van der Waals surface area contributed by atoms with Crippen LogP contribution in [0.1, 0.15) is 5.56 Å². The Morgan fingerprint density at radius 1 is 1.16 bits per heavy atom. The van der Waals surface area contributed by atoms with Crippen LogP contribution in [0.2, 0.25) is 0 Å². The monoisotopic (exact) mass is 255 g/mol. The minimum absolute atomic E-state index is 0.307. The molecule has 96 valence electrons. The smallest absolute Gasteiger partial charge is 0.151 e. The molecule has 0 amide bonds. The highest BCUT2D eigenvalue weighted by molar-refractivity contribution is 5.79. The molecule has 4 heteroatoms. The van der Waals surface area contributed by atoms with E-state index in [2.05, 4.69) is 9.97 Å². The summed E-state index contributed by atoms with van der Waals surface area (Å²) in [6.45, 7) is 0.609. The number of para-hydroxylation sites is 1. The van der Waals surface area contributed by atoms with E-state index in [0.717, 1.165) is 17.5 Å². The number of nitrogens with one attached hydrogen (secondary N) is 1. The number of hydrogen-bond donors (Lipinski definition) is 2. The molecule has 0 fully saturated rings. The number of imidazole rings is 1. The first-order chi connectivity index (χ1) is 9.28. The van der Waals surface area contributed by atoms with Crippen molar-refractivity contribution in [2.24, 2.45) is 5.73 Å². The Morgan fingerprint density at radius 2 is 2.00 bits per heavy atom. The van der Waals surface area contributed by atoms with Gasteiger partial charge in [-0.15, -0.1) is 0 Å². The fourth-order valence-corrected chi connectivity index (χ4v) is 2.17. The highest BCUT2D eigenvalue weighted by atomic mass is 19.1. The van der Waals surface area contributed by atoms with Crippen molar-refractivity contribution in [2.45, 2.75) is 6.42 Å². The molecular weight excluding hydrogens is 241 g/mol. The summed E-state index contributed by atoms with van der Waals surface area (Å²) in [6, 6.07) is 12.9. The molecule has 0 saturated heterocycles. The fraction of sp³-hybridized carbons (Fsp3) is 0.133. The number of H-pyrrole nitrogens is 1. The van der Waals surface area contributed by atoms with Crippen LogP contribution >= 0.6 is 0 Å². The standard InChI is InChI=1S/C15H14FN3/c16-12-5-2-6-13-14(12)19-15(18-13)11-4-1-3-10(9-11)7-8-17/h1-6,9H,7-8,17H2,(H,18,19). The van der Waals surface area contributed by atoms with Crippen LogP contribution in [-0.4, -0.2) is 16.5 Å². The predicted octanol–water partition coefficient (Wildman–Crippen LogP) is 2.87. The lowest BCUT2D eigenvalue weighted by Gasteiger charge is -2.01. The van der Waals surface area contributed by atoms with Gasteiger partial charge in [-0.1, -0.05) is 24.3 Å². The number of halogens is 1. The maximum Gasteiger partial charge on any atom is 0.151 e. The number of nitrogens with zero attached hydrogens (tertiary/aromatic N) is 1. The van der Waals surface area contributed by atoms with Crippen LogP contribution in [0.4, 0.5) is 4.39 Å². The Bertz CT molecular complexity index is 718. The Morgan fingerprint density at radius 3 is 2.79 bits per heavy atom. The quantitative estimate of drug-likeness (QED) is 0.756. The van der Waals surface area contributed by atoms with E-state index >= 15 is 0 Å². The number of nitrogens with two attached hydrogens (primary N) is 1. The Balaban J connectivity index is 2.08. The second-order valence-corrected chi connectivity index (χ2v) is 4.46. The number of aromatic nitrogens is 2. The minimum atomic E-state index is -0.307. The molecule has 2 aromatic carbocycles. The van der Waals surface area contributed by atoms with Gasteiger partial charge < -0.3 is 10.7 Å². The molecule has 0 aliphatic carbocycles. The maximum atomic E-state index is 13.6. The van der Waals surface area contributed by atoms with Gasteiger partial charge in [-0.2, -0.15) is 0 Å². The zero-order chi connectivity index (χ0) is 13.2. The fourth-order valence-electron chi connectivity index (χ4n) is 2.17. The third-order valence-electron chi connectivity index (χ3n) is 3.10. The van der Waals surface area contributed by atoms with Gasteiger partial charge >= 0.3 is 0 Å². The third-order valence-corrected chi connectivity index (χ3v) is 3.10. The van der Waals surface area contributed by atoms with Crippen LogP contribution in [0.25, 0.3) is 22.4 Å². The summed E-state index contributed by atoms with van der Waals surface area (Å²) < 4.78 is 13.6. The van der Waals surface area contributed by atoms with Crippen molar-refractivity contribution in [3.63, 3.8) is 0 Å². The molecule has 1 heterocycles. The number of fused-ring (bicyclic) bond motifs is 1. The van der Waals surface area contributed by atoms with E-state index in [9.17, 15) is 4.39 Å². The highest BCUT2D eigenvalue weighted by Crippen LogP contribution is 2.22. The molecule has 3 nitrogen and oxygen atoms in total. The van der Waals surface area contributed by atoms with Gasteiger partial charge in [0.05, 0.1) is 5.52 Å². The van der Waals surface area contributed by atoms with Crippen molar-refractivity contribution in [3.8, 4) is 11.4 Å². The summed E-state index contributed by atoms with van der Waals surface area (Å²) in [5, 5.41) is 0. The topological polar surface area (TPSA) is 54.7 Å². The van der Waals surface area contributed by atoms with Gasteiger partial charge in [0.1, 0.15) is 11.3 Å². The van der Waals surface area contributed by atoms with Crippen molar-refractivity contribution in [1.29, 1.82) is 0 Å². The number of aromatic amines is 1. The molecule has 3 aromatic rings. The summed E-state index contributed by atoms with van der Waals surface area (Å²) in [4.78, 5) is 7.46. The van der Waals surface area contributed by atoms with E-state index in [-0.39, 0.29) is 5.82 Å². The Kier molecular flexibility index (Phi) is 3.01. The van der Waals surface area contributed by atoms with Crippen LogP contribution in [0.5, 0.6) is 0 Å². The molecular formula is C15H14FN3. The third kappa shape index (κ3) is 2.22. The van der Waals surface area contributed by atoms with Crippen LogP contribution in [0, 0.1) is 5.82 Å². The molecule has 0 radical (unpaired) electrons. The maximum absolute atomic E-state index is 13.6. The van der Waals surface area contributed by atoms with E-state index in [4.69, 9.17) is 5.73 Å². The summed E-state index contributed by atoms with van der Waals surface area (Å²) >= 11 is 0. The minimum Gasteiger partial charge on any atom is -0.338 e. The Labute approximate surface area is 110 Å². The summed E-state index contributed by atoms with van der Waals surface area (Å²) in [5.41, 5.74) is 8.74. The zero-order valence-corrected chi connectivity index (χ0v) is 10.4. The summed E-state index contributed by atoms with van der Waals surface area (Å²) in [7, 11) is 0. The molecule has 3 rings (SSSR count). The summed E-state index contributed by atoms with van der Waals surface area (Å²) in [6.07, 6.45) is 0.822. The van der Waals surface area contributed by atoms with Gasteiger partial charge in [0, 0.05) is 5.56 Å². The zero-order valence-electron chi connectivity index (χ0n) is 10.4. The lowest BCUT2D eigenvalue weighted by Crippen LogP contribution is -2.02. The normalized spacial score (nSPS) is 11.1. The SMILES string of the molecule is NCCc1cccc(-c2nc3c(F)cccc3[nH]2)c1. The van der Waals surface area contributed by atoms with Crippen molar-refractivity contribution in [3.05, 3.63) is 53.8 Å². The van der Waals surface area contributed by atoms with Crippen LogP contribution in [0.15, 0.2) is 42.5 Å². The predicted molar refractivity (Wildman–Crippen MR) is 74.2 cm³/mol. The first kappa shape index (κ1) is 11.9. The van der Waals surface area contributed by atoms with Gasteiger partial charge in [0.25, 0.3) is 0 Å². The van der Waals surface area contributed by atoms with Crippen molar-refractivity contribution in [2.75, 3.05) is 6.54 Å². The molecule has 0 bridgehead atoms. The average Bonchev–Trinajstić information content (AvgIpc) is 2.85. The van der Waals surface area contributed by atoms with E-state index in [0.29, 0.717) is 23.4 Å². The molecule has 0 aliphatic heterocycles. The first-order valence-electron chi connectivity index (χ1n) is 6.21. The molecule has 0 spiro atoms. The van der Waals surface area contributed by atoms with Crippen LogP contribution in [-0.2, 0) is 6.42 Å². The van der Waals surface area contributed by atoms with Crippen molar-refractivity contribution in [1.82, 2.24) is 9.97 Å². The molecule has 0 atom stereocenters. The number of hydrogen-bond acceptors (Lipinski definition) is 2. The van der Waals surface area contributed by atoms with Gasteiger partial charge in [-0.25, -0.2) is 9.37 Å². The van der Waals surface area contributed by atoms with E-state index in [1.54, 1.807) is 6.07 Å². The number of rotatable bonds is 3. The summed E-state index contributed by atoms with van der Waals surface area (Å²) in [5.74, 6) is 0.372. The van der Waals surface area contributed by atoms with Crippen LogP contribution < -0.4 is 5.73 Å². The molecule has 1 aromatic heterocycles. The molecule has 0 saturated carbocycles. The second-order valence-electron chi connectivity index (χ2n) is 4.46. The molecule has 3 N–H and O–H groups in total. The van der Waals surface area contributed by atoms with E-state index in [1.807, 2.05) is 30.3 Å². The lowest BCUT2D eigenvalue weighted by atomic mass is 10.1. The van der Waals surface area contributed by atoms with Crippen molar-refractivity contribution < 1.29 is 4.39 Å². The van der Waals surface area contributed by atoms with Gasteiger partial charge in [-0.05, 0) is 36.7 Å². The Hall–Kier alpha value is -2.20. The van der Waals surface area contributed by atoms with E-state index in [1.165, 1.54) is 6.07 Å².